The minimum absolute atomic E-state index is 0.114. The van der Waals surface area contributed by atoms with E-state index in [1.807, 2.05) is 0 Å². The summed E-state index contributed by atoms with van der Waals surface area (Å²) in [6, 6.07) is 0. The van der Waals surface area contributed by atoms with Crippen LogP contribution in [0.2, 0.25) is 0 Å². The van der Waals surface area contributed by atoms with Crippen LogP contribution in [0.5, 0.6) is 0 Å². The summed E-state index contributed by atoms with van der Waals surface area (Å²) in [4.78, 5) is 10.8. The molecule has 2 fully saturated rings. The van der Waals surface area contributed by atoms with Gasteiger partial charge in [0.2, 0.25) is 5.91 Å². The zero-order valence-corrected chi connectivity index (χ0v) is 6.51. The Kier molecular flexibility index (Phi) is 1.42. The molecule has 11 heavy (non-hydrogen) atoms. The highest BCUT2D eigenvalue weighted by Gasteiger charge is 2.57. The van der Waals surface area contributed by atoms with E-state index < -0.39 is 0 Å². The van der Waals surface area contributed by atoms with E-state index in [9.17, 15) is 4.79 Å². The van der Waals surface area contributed by atoms with E-state index >= 15 is 0 Å². The Morgan fingerprint density at radius 1 is 1.64 bits per heavy atom. The lowest BCUT2D eigenvalue weighted by atomic mass is 9.96. The minimum Gasteiger partial charge on any atom is -0.381 e. The fraction of sp³-hybridized carbons (Fsp3) is 0.875. The lowest BCUT2D eigenvalue weighted by Gasteiger charge is -2.21. The van der Waals surface area contributed by atoms with Crippen LogP contribution in [0.1, 0.15) is 19.3 Å². The van der Waals surface area contributed by atoms with Crippen LogP contribution in [0.4, 0.5) is 0 Å². The van der Waals surface area contributed by atoms with Crippen molar-refractivity contribution in [1.29, 1.82) is 0 Å². The molecule has 2 N–H and O–H groups in total. The Morgan fingerprint density at radius 3 is 2.91 bits per heavy atom. The standard InChI is InChI=1S/C8H13NO2/c9-7(10)6-4-8(6)2-1-3-11-5-8/h6H,1-5H2,(H2,9,10). The highest BCUT2D eigenvalue weighted by atomic mass is 16.5. The second-order valence-corrected chi connectivity index (χ2v) is 3.68. The third kappa shape index (κ3) is 1.03. The fourth-order valence-electron chi connectivity index (χ4n) is 2.06. The Morgan fingerprint density at radius 2 is 2.45 bits per heavy atom. The number of amides is 1. The predicted octanol–water partition coefficient (Wildman–Crippen LogP) is 0.288. The van der Waals surface area contributed by atoms with Gasteiger partial charge in [0.25, 0.3) is 0 Å². The van der Waals surface area contributed by atoms with Gasteiger partial charge >= 0.3 is 0 Å². The van der Waals surface area contributed by atoms with Gasteiger partial charge in [-0.3, -0.25) is 4.79 Å². The molecule has 2 unspecified atom stereocenters. The molecule has 2 atom stereocenters. The largest absolute Gasteiger partial charge is 0.381 e. The molecule has 0 aromatic carbocycles. The summed E-state index contributed by atoms with van der Waals surface area (Å²) in [6.45, 7) is 1.60. The first-order valence-corrected chi connectivity index (χ1v) is 4.12. The van der Waals surface area contributed by atoms with Gasteiger partial charge in [-0.05, 0) is 19.3 Å². The molecular formula is C8H13NO2. The van der Waals surface area contributed by atoms with Crippen LogP contribution in [0, 0.1) is 11.3 Å². The molecule has 0 bridgehead atoms. The maximum Gasteiger partial charge on any atom is 0.221 e. The van der Waals surface area contributed by atoms with E-state index in [-0.39, 0.29) is 17.2 Å². The molecule has 1 aliphatic heterocycles. The van der Waals surface area contributed by atoms with Gasteiger partial charge in [0, 0.05) is 17.9 Å². The van der Waals surface area contributed by atoms with Crippen LogP contribution in [0.3, 0.4) is 0 Å². The molecule has 1 heterocycles. The van der Waals surface area contributed by atoms with Crippen LogP contribution in [0.15, 0.2) is 0 Å². The summed E-state index contributed by atoms with van der Waals surface area (Å²) >= 11 is 0. The third-order valence-corrected chi connectivity index (χ3v) is 2.89. The monoisotopic (exact) mass is 155 g/mol. The van der Waals surface area contributed by atoms with Crippen molar-refractivity contribution in [1.82, 2.24) is 0 Å². The van der Waals surface area contributed by atoms with Gasteiger partial charge < -0.3 is 10.5 Å². The maximum atomic E-state index is 10.8. The van der Waals surface area contributed by atoms with E-state index in [0.717, 1.165) is 32.5 Å². The van der Waals surface area contributed by atoms with Crippen LogP contribution < -0.4 is 5.73 Å². The zero-order chi connectivity index (χ0) is 7.90. The van der Waals surface area contributed by atoms with Crippen molar-refractivity contribution in [2.75, 3.05) is 13.2 Å². The van der Waals surface area contributed by atoms with Crippen LogP contribution in [-0.2, 0) is 9.53 Å². The third-order valence-electron chi connectivity index (χ3n) is 2.89. The van der Waals surface area contributed by atoms with Gasteiger partial charge in [-0.25, -0.2) is 0 Å². The molecule has 0 aromatic rings. The van der Waals surface area contributed by atoms with Gasteiger partial charge in [0.05, 0.1) is 6.61 Å². The van der Waals surface area contributed by atoms with Crippen LogP contribution in [0.25, 0.3) is 0 Å². The van der Waals surface area contributed by atoms with Crippen LogP contribution >= 0.6 is 0 Å². The summed E-state index contributed by atoms with van der Waals surface area (Å²) < 4.78 is 5.32. The lowest BCUT2D eigenvalue weighted by molar-refractivity contribution is -0.120. The minimum atomic E-state index is -0.143. The molecule has 1 saturated carbocycles. The molecule has 0 aromatic heterocycles. The van der Waals surface area contributed by atoms with Crippen molar-refractivity contribution in [2.24, 2.45) is 17.1 Å². The van der Waals surface area contributed by atoms with E-state index in [0.29, 0.717) is 0 Å². The number of ether oxygens (including phenoxy) is 1. The van der Waals surface area contributed by atoms with Crippen molar-refractivity contribution in [2.45, 2.75) is 19.3 Å². The molecular weight excluding hydrogens is 142 g/mol. The Hall–Kier alpha value is -0.570. The highest BCUT2D eigenvalue weighted by Crippen LogP contribution is 2.57. The maximum absolute atomic E-state index is 10.8. The van der Waals surface area contributed by atoms with Gasteiger partial charge in [0.1, 0.15) is 0 Å². The van der Waals surface area contributed by atoms with Crippen molar-refractivity contribution >= 4 is 5.91 Å². The number of hydrogen-bond donors (Lipinski definition) is 1. The number of carbonyl (C=O) groups excluding carboxylic acids is 1. The van der Waals surface area contributed by atoms with Crippen molar-refractivity contribution in [3.05, 3.63) is 0 Å². The number of nitrogens with two attached hydrogens (primary N) is 1. The average Bonchev–Trinajstić information content (AvgIpc) is 2.66. The topological polar surface area (TPSA) is 52.3 Å². The van der Waals surface area contributed by atoms with Gasteiger partial charge in [0.15, 0.2) is 0 Å². The van der Waals surface area contributed by atoms with E-state index in [4.69, 9.17) is 10.5 Å². The molecule has 1 amide bonds. The number of hydrogen-bond acceptors (Lipinski definition) is 2. The molecule has 3 nitrogen and oxygen atoms in total. The first-order valence-electron chi connectivity index (χ1n) is 4.12. The summed E-state index contributed by atoms with van der Waals surface area (Å²) in [5.74, 6) is -0.0294. The zero-order valence-electron chi connectivity index (χ0n) is 6.51. The molecule has 1 spiro atoms. The lowest BCUT2D eigenvalue weighted by Crippen LogP contribution is -2.25. The molecule has 1 aliphatic carbocycles. The first-order chi connectivity index (χ1) is 5.25. The van der Waals surface area contributed by atoms with Gasteiger partial charge in [-0.2, -0.15) is 0 Å². The van der Waals surface area contributed by atoms with Gasteiger partial charge in [-0.15, -0.1) is 0 Å². The van der Waals surface area contributed by atoms with Crippen molar-refractivity contribution in [3.63, 3.8) is 0 Å². The number of carbonyl (C=O) groups is 1. The second kappa shape index (κ2) is 2.21. The van der Waals surface area contributed by atoms with Crippen molar-refractivity contribution < 1.29 is 9.53 Å². The normalized spacial score (nSPS) is 42.4. The quantitative estimate of drug-likeness (QED) is 0.591. The van der Waals surface area contributed by atoms with E-state index in [1.165, 1.54) is 0 Å². The Bertz CT molecular complexity index is 185. The highest BCUT2D eigenvalue weighted by molar-refractivity contribution is 5.80. The molecule has 1 saturated heterocycles. The molecule has 62 valence electrons. The Labute approximate surface area is 65.9 Å². The fourth-order valence-corrected chi connectivity index (χ4v) is 2.06. The molecule has 2 aliphatic rings. The number of primary amides is 1. The summed E-state index contributed by atoms with van der Waals surface area (Å²) in [7, 11) is 0. The molecule has 0 radical (unpaired) electrons. The van der Waals surface area contributed by atoms with E-state index in [2.05, 4.69) is 0 Å². The summed E-state index contributed by atoms with van der Waals surface area (Å²) in [5, 5.41) is 0. The number of rotatable bonds is 1. The average molecular weight is 155 g/mol. The summed E-state index contributed by atoms with van der Waals surface area (Å²) in [5.41, 5.74) is 5.38. The van der Waals surface area contributed by atoms with Gasteiger partial charge in [-0.1, -0.05) is 0 Å². The predicted molar refractivity (Wildman–Crippen MR) is 39.8 cm³/mol. The second-order valence-electron chi connectivity index (χ2n) is 3.68. The first kappa shape index (κ1) is 7.10. The molecule has 2 rings (SSSR count). The van der Waals surface area contributed by atoms with Crippen LogP contribution in [-0.4, -0.2) is 19.1 Å². The SMILES string of the molecule is NC(=O)C1CC12CCCOC2. The Balaban J connectivity index is 1.99. The van der Waals surface area contributed by atoms with Crippen molar-refractivity contribution in [3.8, 4) is 0 Å². The van der Waals surface area contributed by atoms with E-state index in [1.54, 1.807) is 0 Å². The summed E-state index contributed by atoms with van der Waals surface area (Å²) in [6.07, 6.45) is 3.17. The molecule has 3 heteroatoms. The smallest absolute Gasteiger partial charge is 0.221 e.